The lowest BCUT2D eigenvalue weighted by molar-refractivity contribution is 0.233. The molecule has 0 radical (unpaired) electrons. The minimum absolute atomic E-state index is 0.0156. The Hall–Kier alpha value is -1.13. The zero-order valence-electron chi connectivity index (χ0n) is 11.7. The molecule has 0 atom stereocenters. The number of rotatable bonds is 5. The Labute approximate surface area is 130 Å². The average Bonchev–Trinajstić information content (AvgIpc) is 2.47. The van der Waals surface area contributed by atoms with Gasteiger partial charge in [0, 0.05) is 13.1 Å². The molecule has 0 spiro atoms. The summed E-state index contributed by atoms with van der Waals surface area (Å²) < 4.78 is 27.0. The van der Waals surface area contributed by atoms with Crippen molar-refractivity contribution in [1.29, 1.82) is 5.26 Å². The van der Waals surface area contributed by atoms with Gasteiger partial charge in [-0.15, -0.1) is 0 Å². The third-order valence-corrected chi connectivity index (χ3v) is 5.46. The van der Waals surface area contributed by atoms with Crippen LogP contribution in [-0.2, 0) is 10.0 Å². The number of hydrogen-bond donors (Lipinski definition) is 1. The molecule has 5 nitrogen and oxygen atoms in total. The van der Waals surface area contributed by atoms with E-state index in [1.54, 1.807) is 0 Å². The largest absolute Gasteiger partial charge is 0.302 e. The van der Waals surface area contributed by atoms with Crippen molar-refractivity contribution in [3.8, 4) is 6.07 Å². The molecule has 21 heavy (non-hydrogen) atoms. The molecule has 0 amide bonds. The first-order chi connectivity index (χ1) is 10.0. The van der Waals surface area contributed by atoms with E-state index >= 15 is 0 Å². The first kappa shape index (κ1) is 16.2. The maximum Gasteiger partial charge on any atom is 0.242 e. The Kier molecular flexibility index (Phi) is 5.59. The van der Waals surface area contributed by atoms with Crippen LogP contribution in [0.2, 0.25) is 5.02 Å². The second-order valence-corrected chi connectivity index (χ2v) is 7.20. The molecule has 0 aliphatic carbocycles. The number of likely N-dealkylation sites (tertiary alicyclic amines) is 1. The lowest BCUT2D eigenvalue weighted by atomic mass is 10.1. The van der Waals surface area contributed by atoms with Crippen molar-refractivity contribution in [3.05, 3.63) is 28.8 Å². The number of benzene rings is 1. The second kappa shape index (κ2) is 7.23. The number of nitrogens with one attached hydrogen (secondary N) is 1. The van der Waals surface area contributed by atoms with Crippen LogP contribution in [0, 0.1) is 11.3 Å². The zero-order valence-corrected chi connectivity index (χ0v) is 13.3. The monoisotopic (exact) mass is 327 g/mol. The van der Waals surface area contributed by atoms with Crippen LogP contribution in [-0.4, -0.2) is 39.5 Å². The van der Waals surface area contributed by atoms with Crippen molar-refractivity contribution in [1.82, 2.24) is 9.62 Å². The SMILES string of the molecule is N#Cc1ccc(S(=O)(=O)NCCN2CCCCC2)c(Cl)c1. The maximum atomic E-state index is 12.2. The van der Waals surface area contributed by atoms with Gasteiger partial charge in [-0.05, 0) is 44.1 Å². The van der Waals surface area contributed by atoms with Gasteiger partial charge in [0.1, 0.15) is 4.90 Å². The summed E-state index contributed by atoms with van der Waals surface area (Å²) in [5.41, 5.74) is 0.340. The summed E-state index contributed by atoms with van der Waals surface area (Å²) in [7, 11) is -3.63. The van der Waals surface area contributed by atoms with E-state index in [9.17, 15) is 8.42 Å². The minimum Gasteiger partial charge on any atom is -0.302 e. The Morgan fingerprint density at radius 3 is 2.62 bits per heavy atom. The van der Waals surface area contributed by atoms with Gasteiger partial charge in [-0.25, -0.2) is 13.1 Å². The summed E-state index contributed by atoms with van der Waals surface area (Å²) in [6.45, 7) is 3.12. The number of sulfonamides is 1. The fraction of sp³-hybridized carbons (Fsp3) is 0.500. The lowest BCUT2D eigenvalue weighted by Crippen LogP contribution is -2.37. The van der Waals surface area contributed by atoms with Gasteiger partial charge in [-0.3, -0.25) is 0 Å². The average molecular weight is 328 g/mol. The summed E-state index contributed by atoms with van der Waals surface area (Å²) >= 11 is 5.94. The fourth-order valence-electron chi connectivity index (χ4n) is 2.39. The fourth-order valence-corrected chi connectivity index (χ4v) is 3.95. The molecule has 0 bridgehead atoms. The molecule has 2 rings (SSSR count). The third kappa shape index (κ3) is 4.42. The van der Waals surface area contributed by atoms with Gasteiger partial charge in [-0.2, -0.15) is 5.26 Å². The molecule has 1 aromatic carbocycles. The zero-order chi connectivity index (χ0) is 15.3. The quantitative estimate of drug-likeness (QED) is 0.897. The second-order valence-electron chi connectivity index (χ2n) is 5.06. The molecular formula is C14H18ClN3O2S. The molecule has 1 heterocycles. The van der Waals surface area contributed by atoms with Crippen molar-refractivity contribution in [2.45, 2.75) is 24.2 Å². The van der Waals surface area contributed by atoms with Gasteiger partial charge in [0.05, 0.1) is 16.7 Å². The van der Waals surface area contributed by atoms with Crippen LogP contribution in [0.4, 0.5) is 0 Å². The van der Waals surface area contributed by atoms with Crippen LogP contribution in [0.15, 0.2) is 23.1 Å². The molecule has 1 saturated heterocycles. The van der Waals surface area contributed by atoms with Crippen LogP contribution in [0.5, 0.6) is 0 Å². The third-order valence-electron chi connectivity index (χ3n) is 3.52. The summed E-state index contributed by atoms with van der Waals surface area (Å²) in [4.78, 5) is 2.27. The number of nitrogens with zero attached hydrogens (tertiary/aromatic N) is 2. The van der Waals surface area contributed by atoms with Crippen LogP contribution in [0.3, 0.4) is 0 Å². The highest BCUT2D eigenvalue weighted by Gasteiger charge is 2.18. The van der Waals surface area contributed by atoms with Gasteiger partial charge in [0.2, 0.25) is 10.0 Å². The molecule has 114 valence electrons. The summed E-state index contributed by atoms with van der Waals surface area (Å²) in [6.07, 6.45) is 3.60. The number of hydrogen-bond acceptors (Lipinski definition) is 4. The number of halogens is 1. The topological polar surface area (TPSA) is 73.2 Å². The minimum atomic E-state index is -3.63. The van der Waals surface area contributed by atoms with E-state index in [0.717, 1.165) is 13.1 Å². The van der Waals surface area contributed by atoms with Gasteiger partial charge in [0.15, 0.2) is 0 Å². The number of nitriles is 1. The van der Waals surface area contributed by atoms with Crippen LogP contribution in [0.1, 0.15) is 24.8 Å². The smallest absolute Gasteiger partial charge is 0.242 e. The molecule has 0 aromatic heterocycles. The molecule has 1 N–H and O–H groups in total. The predicted molar refractivity (Wildman–Crippen MR) is 81.6 cm³/mol. The Balaban J connectivity index is 1.96. The summed E-state index contributed by atoms with van der Waals surface area (Å²) in [5.74, 6) is 0. The van der Waals surface area contributed by atoms with Gasteiger partial charge in [0.25, 0.3) is 0 Å². The van der Waals surface area contributed by atoms with E-state index in [1.165, 1.54) is 37.5 Å². The number of piperidine rings is 1. The van der Waals surface area contributed by atoms with Crippen molar-refractivity contribution in [2.75, 3.05) is 26.2 Å². The standard InChI is InChI=1S/C14H18ClN3O2S/c15-13-10-12(11-16)4-5-14(13)21(19,20)17-6-9-18-7-2-1-3-8-18/h4-5,10,17H,1-3,6-9H2. The summed E-state index contributed by atoms with van der Waals surface area (Å²) in [6, 6.07) is 6.10. The highest BCUT2D eigenvalue weighted by molar-refractivity contribution is 7.89. The molecule has 1 aliphatic rings. The van der Waals surface area contributed by atoms with Crippen LogP contribution < -0.4 is 4.72 Å². The molecule has 0 unspecified atom stereocenters. The summed E-state index contributed by atoms with van der Waals surface area (Å²) in [5, 5.41) is 8.83. The van der Waals surface area contributed by atoms with Crippen molar-refractivity contribution >= 4 is 21.6 Å². The first-order valence-corrected chi connectivity index (χ1v) is 8.81. The highest BCUT2D eigenvalue weighted by atomic mass is 35.5. The molecular weight excluding hydrogens is 310 g/mol. The first-order valence-electron chi connectivity index (χ1n) is 6.94. The molecule has 1 fully saturated rings. The van der Waals surface area contributed by atoms with E-state index in [2.05, 4.69) is 9.62 Å². The predicted octanol–water partition coefficient (Wildman–Crippen LogP) is 1.98. The van der Waals surface area contributed by atoms with Gasteiger partial charge < -0.3 is 4.90 Å². The lowest BCUT2D eigenvalue weighted by Gasteiger charge is -2.26. The van der Waals surface area contributed by atoms with Crippen LogP contribution >= 0.6 is 11.6 Å². The Morgan fingerprint density at radius 1 is 1.29 bits per heavy atom. The Morgan fingerprint density at radius 2 is 2.00 bits per heavy atom. The van der Waals surface area contributed by atoms with E-state index in [1.807, 2.05) is 6.07 Å². The van der Waals surface area contributed by atoms with Gasteiger partial charge in [-0.1, -0.05) is 18.0 Å². The van der Waals surface area contributed by atoms with E-state index in [4.69, 9.17) is 16.9 Å². The van der Waals surface area contributed by atoms with Gasteiger partial charge >= 0.3 is 0 Å². The Bertz CT molecular complexity index is 634. The van der Waals surface area contributed by atoms with E-state index in [0.29, 0.717) is 18.7 Å². The molecule has 7 heteroatoms. The highest BCUT2D eigenvalue weighted by Crippen LogP contribution is 2.22. The maximum absolute atomic E-state index is 12.2. The molecule has 1 aromatic rings. The van der Waals surface area contributed by atoms with Crippen molar-refractivity contribution in [3.63, 3.8) is 0 Å². The normalized spacial score (nSPS) is 16.6. The van der Waals surface area contributed by atoms with E-state index < -0.39 is 10.0 Å². The molecule has 0 saturated carbocycles. The van der Waals surface area contributed by atoms with Crippen molar-refractivity contribution < 1.29 is 8.42 Å². The molecule has 1 aliphatic heterocycles. The van der Waals surface area contributed by atoms with Crippen LogP contribution in [0.25, 0.3) is 0 Å². The van der Waals surface area contributed by atoms with Crippen molar-refractivity contribution in [2.24, 2.45) is 0 Å². The van der Waals surface area contributed by atoms with E-state index in [-0.39, 0.29) is 9.92 Å².